The van der Waals surface area contributed by atoms with Crippen molar-refractivity contribution in [1.29, 1.82) is 0 Å². The van der Waals surface area contributed by atoms with Gasteiger partial charge in [-0.25, -0.2) is 0 Å². The zero-order valence-electron chi connectivity index (χ0n) is 12.1. The Kier molecular flexibility index (Phi) is 6.98. The molecule has 0 aliphatic rings. The van der Waals surface area contributed by atoms with Crippen molar-refractivity contribution < 1.29 is 4.74 Å². The van der Waals surface area contributed by atoms with Gasteiger partial charge in [-0.05, 0) is 38.3 Å². The first kappa shape index (κ1) is 15.2. The molecule has 0 aliphatic heterocycles. The van der Waals surface area contributed by atoms with Crippen LogP contribution in [0.1, 0.15) is 39.2 Å². The molecule has 0 saturated carbocycles. The summed E-state index contributed by atoms with van der Waals surface area (Å²) >= 11 is 0. The third kappa shape index (κ3) is 4.42. The standard InChI is InChI=1S/C14H27N3O/c1-5-8-15-13(14(6-2)18-4)9-12-10-16-17(7-3)11-12/h10-11,13-15H,5-9H2,1-4H3. The predicted octanol–water partition coefficient (Wildman–Crippen LogP) is 2.24. The van der Waals surface area contributed by atoms with Crippen molar-refractivity contribution in [2.45, 2.75) is 58.7 Å². The topological polar surface area (TPSA) is 39.1 Å². The zero-order chi connectivity index (χ0) is 13.4. The summed E-state index contributed by atoms with van der Waals surface area (Å²) < 4.78 is 7.55. The molecule has 0 fully saturated rings. The normalized spacial score (nSPS) is 14.7. The summed E-state index contributed by atoms with van der Waals surface area (Å²) in [5, 5.41) is 7.91. The minimum absolute atomic E-state index is 0.265. The zero-order valence-corrected chi connectivity index (χ0v) is 12.1. The van der Waals surface area contributed by atoms with Crippen LogP contribution >= 0.6 is 0 Å². The molecule has 0 bridgehead atoms. The maximum absolute atomic E-state index is 5.57. The molecule has 1 heterocycles. The summed E-state index contributed by atoms with van der Waals surface area (Å²) in [7, 11) is 1.80. The predicted molar refractivity (Wildman–Crippen MR) is 74.8 cm³/mol. The molecule has 2 atom stereocenters. The highest BCUT2D eigenvalue weighted by molar-refractivity contribution is 5.07. The summed E-state index contributed by atoms with van der Waals surface area (Å²) in [5.41, 5.74) is 1.28. The molecule has 0 saturated heterocycles. The van der Waals surface area contributed by atoms with E-state index >= 15 is 0 Å². The van der Waals surface area contributed by atoms with Crippen LogP contribution in [-0.2, 0) is 17.7 Å². The van der Waals surface area contributed by atoms with E-state index in [-0.39, 0.29) is 6.10 Å². The van der Waals surface area contributed by atoms with Gasteiger partial charge < -0.3 is 10.1 Å². The molecule has 0 aromatic carbocycles. The maximum Gasteiger partial charge on any atom is 0.0724 e. The smallest absolute Gasteiger partial charge is 0.0724 e. The molecule has 1 rings (SSSR count). The molecule has 0 radical (unpaired) electrons. The van der Waals surface area contributed by atoms with Crippen LogP contribution in [0.15, 0.2) is 12.4 Å². The molecule has 104 valence electrons. The lowest BCUT2D eigenvalue weighted by Gasteiger charge is -2.25. The van der Waals surface area contributed by atoms with Crippen LogP contribution in [0.5, 0.6) is 0 Å². The summed E-state index contributed by atoms with van der Waals surface area (Å²) in [6.07, 6.45) is 7.51. The fourth-order valence-corrected chi connectivity index (χ4v) is 2.22. The number of nitrogens with zero attached hydrogens (tertiary/aromatic N) is 2. The van der Waals surface area contributed by atoms with Crippen molar-refractivity contribution in [3.05, 3.63) is 18.0 Å². The Labute approximate surface area is 111 Å². The SMILES string of the molecule is CCCNC(Cc1cnn(CC)c1)C(CC)OC. The van der Waals surface area contributed by atoms with Crippen LogP contribution < -0.4 is 5.32 Å². The van der Waals surface area contributed by atoms with Gasteiger partial charge in [0.25, 0.3) is 0 Å². The van der Waals surface area contributed by atoms with Gasteiger partial charge in [0.1, 0.15) is 0 Å². The highest BCUT2D eigenvalue weighted by atomic mass is 16.5. The van der Waals surface area contributed by atoms with E-state index in [2.05, 4.69) is 37.4 Å². The van der Waals surface area contributed by atoms with Gasteiger partial charge in [0, 0.05) is 25.9 Å². The van der Waals surface area contributed by atoms with Crippen molar-refractivity contribution in [3.8, 4) is 0 Å². The lowest BCUT2D eigenvalue weighted by Crippen LogP contribution is -2.42. The fourth-order valence-electron chi connectivity index (χ4n) is 2.22. The largest absolute Gasteiger partial charge is 0.380 e. The monoisotopic (exact) mass is 253 g/mol. The number of hydrogen-bond acceptors (Lipinski definition) is 3. The number of ether oxygens (including phenoxy) is 1. The first-order valence-electron chi connectivity index (χ1n) is 7.02. The second kappa shape index (κ2) is 8.27. The highest BCUT2D eigenvalue weighted by Crippen LogP contribution is 2.10. The van der Waals surface area contributed by atoms with E-state index in [4.69, 9.17) is 4.74 Å². The Hall–Kier alpha value is -0.870. The number of nitrogens with one attached hydrogen (secondary N) is 1. The average molecular weight is 253 g/mol. The van der Waals surface area contributed by atoms with E-state index in [1.807, 2.05) is 10.9 Å². The van der Waals surface area contributed by atoms with Gasteiger partial charge >= 0.3 is 0 Å². The van der Waals surface area contributed by atoms with Crippen LogP contribution in [-0.4, -0.2) is 35.6 Å². The lowest BCUT2D eigenvalue weighted by atomic mass is 10.0. The molecule has 0 amide bonds. The van der Waals surface area contributed by atoms with E-state index in [1.165, 1.54) is 5.56 Å². The van der Waals surface area contributed by atoms with E-state index in [0.717, 1.165) is 32.4 Å². The highest BCUT2D eigenvalue weighted by Gasteiger charge is 2.19. The van der Waals surface area contributed by atoms with E-state index in [9.17, 15) is 0 Å². The molecule has 18 heavy (non-hydrogen) atoms. The minimum Gasteiger partial charge on any atom is -0.380 e. The van der Waals surface area contributed by atoms with Gasteiger partial charge in [-0.3, -0.25) is 4.68 Å². The van der Waals surface area contributed by atoms with Crippen LogP contribution in [0.3, 0.4) is 0 Å². The Morgan fingerprint density at radius 1 is 1.39 bits per heavy atom. The van der Waals surface area contributed by atoms with Crippen LogP contribution in [0, 0.1) is 0 Å². The lowest BCUT2D eigenvalue weighted by molar-refractivity contribution is 0.0653. The Bertz CT molecular complexity index is 321. The van der Waals surface area contributed by atoms with Gasteiger partial charge in [0.05, 0.1) is 12.3 Å². The van der Waals surface area contributed by atoms with E-state index in [0.29, 0.717) is 6.04 Å². The number of hydrogen-bond donors (Lipinski definition) is 1. The van der Waals surface area contributed by atoms with Gasteiger partial charge in [-0.2, -0.15) is 5.10 Å². The molecule has 1 aromatic heterocycles. The summed E-state index contributed by atoms with van der Waals surface area (Å²) in [6.45, 7) is 8.42. The Morgan fingerprint density at radius 2 is 2.17 bits per heavy atom. The summed E-state index contributed by atoms with van der Waals surface area (Å²) in [6, 6.07) is 0.370. The van der Waals surface area contributed by atoms with Crippen LogP contribution in [0.25, 0.3) is 0 Å². The average Bonchev–Trinajstić information content (AvgIpc) is 2.84. The Balaban J connectivity index is 2.64. The fraction of sp³-hybridized carbons (Fsp3) is 0.786. The van der Waals surface area contributed by atoms with Crippen LogP contribution in [0.4, 0.5) is 0 Å². The minimum atomic E-state index is 0.265. The molecule has 1 N–H and O–H groups in total. The van der Waals surface area contributed by atoms with Crippen molar-refractivity contribution in [2.24, 2.45) is 0 Å². The van der Waals surface area contributed by atoms with Gasteiger partial charge in [-0.15, -0.1) is 0 Å². The van der Waals surface area contributed by atoms with Crippen LogP contribution in [0.2, 0.25) is 0 Å². The molecule has 0 aliphatic carbocycles. The van der Waals surface area contributed by atoms with E-state index in [1.54, 1.807) is 7.11 Å². The van der Waals surface area contributed by atoms with Gasteiger partial charge in [0.15, 0.2) is 0 Å². The van der Waals surface area contributed by atoms with Crippen molar-refractivity contribution in [1.82, 2.24) is 15.1 Å². The van der Waals surface area contributed by atoms with Crippen molar-refractivity contribution >= 4 is 0 Å². The second-order valence-electron chi connectivity index (χ2n) is 4.65. The van der Waals surface area contributed by atoms with Crippen molar-refractivity contribution in [3.63, 3.8) is 0 Å². The van der Waals surface area contributed by atoms with Crippen molar-refractivity contribution in [2.75, 3.05) is 13.7 Å². The molecule has 2 unspecified atom stereocenters. The number of aryl methyl sites for hydroxylation is 1. The number of methoxy groups -OCH3 is 1. The third-order valence-electron chi connectivity index (χ3n) is 3.28. The molecule has 1 aromatic rings. The first-order chi connectivity index (χ1) is 8.74. The molecular formula is C14H27N3O. The first-order valence-corrected chi connectivity index (χ1v) is 7.02. The summed E-state index contributed by atoms with van der Waals surface area (Å²) in [4.78, 5) is 0. The van der Waals surface area contributed by atoms with Gasteiger partial charge in [-0.1, -0.05) is 13.8 Å². The quantitative estimate of drug-likeness (QED) is 0.733. The maximum atomic E-state index is 5.57. The van der Waals surface area contributed by atoms with E-state index < -0.39 is 0 Å². The Morgan fingerprint density at radius 3 is 2.67 bits per heavy atom. The number of rotatable bonds is 9. The molecule has 4 heteroatoms. The third-order valence-corrected chi connectivity index (χ3v) is 3.28. The molecule has 4 nitrogen and oxygen atoms in total. The summed E-state index contributed by atoms with van der Waals surface area (Å²) in [5.74, 6) is 0. The van der Waals surface area contributed by atoms with Gasteiger partial charge in [0.2, 0.25) is 0 Å². The second-order valence-corrected chi connectivity index (χ2v) is 4.65. The number of aromatic nitrogens is 2. The molecule has 0 spiro atoms. The molecular weight excluding hydrogens is 226 g/mol.